The second kappa shape index (κ2) is 1.18. The van der Waals surface area contributed by atoms with Crippen molar-refractivity contribution in [2.45, 2.75) is 32.6 Å². The monoisotopic (exact) mass is 108 g/mol. The van der Waals surface area contributed by atoms with Gasteiger partial charge in [-0.2, -0.15) is 0 Å². The fourth-order valence-corrected chi connectivity index (χ4v) is 1.73. The van der Waals surface area contributed by atoms with E-state index in [4.69, 9.17) is 0 Å². The molecule has 0 bridgehead atoms. The zero-order valence-corrected chi connectivity index (χ0v) is 5.41. The molecule has 2 aliphatic carbocycles. The van der Waals surface area contributed by atoms with Gasteiger partial charge in [-0.1, -0.05) is 18.6 Å². The molecule has 0 heterocycles. The van der Waals surface area contributed by atoms with Crippen molar-refractivity contribution in [1.82, 2.24) is 0 Å². The van der Waals surface area contributed by atoms with Crippen LogP contribution >= 0.6 is 0 Å². The highest BCUT2D eigenvalue weighted by molar-refractivity contribution is 5.31. The van der Waals surface area contributed by atoms with Gasteiger partial charge in [-0.3, -0.25) is 0 Å². The van der Waals surface area contributed by atoms with Crippen molar-refractivity contribution in [2.75, 3.05) is 0 Å². The molecule has 0 aromatic rings. The number of hydrogen-bond donors (Lipinski definition) is 0. The van der Waals surface area contributed by atoms with Gasteiger partial charge in [0.2, 0.25) is 0 Å². The lowest BCUT2D eigenvalue weighted by Crippen LogP contribution is -2.11. The molecular formula is C8H12. The lowest BCUT2D eigenvalue weighted by molar-refractivity contribution is 0.529. The summed E-state index contributed by atoms with van der Waals surface area (Å²) in [7, 11) is 0. The van der Waals surface area contributed by atoms with Crippen LogP contribution in [-0.4, -0.2) is 0 Å². The minimum Gasteiger partial charge on any atom is -0.0839 e. The van der Waals surface area contributed by atoms with Crippen molar-refractivity contribution in [3.63, 3.8) is 0 Å². The van der Waals surface area contributed by atoms with Crippen LogP contribution in [0.5, 0.6) is 0 Å². The SMILES string of the molecule is CCC1=CCC12CC2. The average Bonchev–Trinajstić information content (AvgIpc) is 2.42. The van der Waals surface area contributed by atoms with Gasteiger partial charge in [-0.25, -0.2) is 0 Å². The fourth-order valence-electron chi connectivity index (χ4n) is 1.73. The van der Waals surface area contributed by atoms with Gasteiger partial charge in [0, 0.05) is 0 Å². The predicted molar refractivity (Wildman–Crippen MR) is 34.7 cm³/mol. The van der Waals surface area contributed by atoms with E-state index in [1.807, 2.05) is 0 Å². The van der Waals surface area contributed by atoms with Crippen LogP contribution in [0.2, 0.25) is 0 Å². The van der Waals surface area contributed by atoms with Crippen molar-refractivity contribution >= 4 is 0 Å². The molecule has 2 rings (SSSR count). The maximum atomic E-state index is 2.41. The number of rotatable bonds is 1. The molecule has 0 N–H and O–H groups in total. The standard InChI is InChI=1S/C8H12/c1-2-7-3-4-8(7)5-6-8/h3H,2,4-6H2,1H3. The van der Waals surface area contributed by atoms with Crippen molar-refractivity contribution in [3.8, 4) is 0 Å². The molecule has 0 aromatic heterocycles. The molecule has 44 valence electrons. The van der Waals surface area contributed by atoms with Gasteiger partial charge in [0.05, 0.1) is 0 Å². The Hall–Kier alpha value is -0.260. The van der Waals surface area contributed by atoms with E-state index in [0.717, 1.165) is 5.41 Å². The Balaban J connectivity index is 2.15. The van der Waals surface area contributed by atoms with Gasteiger partial charge in [-0.15, -0.1) is 0 Å². The lowest BCUT2D eigenvalue weighted by atomic mass is 9.80. The zero-order valence-electron chi connectivity index (χ0n) is 5.41. The summed E-state index contributed by atoms with van der Waals surface area (Å²) >= 11 is 0. The lowest BCUT2D eigenvalue weighted by Gasteiger charge is -2.25. The molecule has 0 unspecified atom stereocenters. The summed E-state index contributed by atoms with van der Waals surface area (Å²) in [5.41, 5.74) is 2.55. The molecule has 1 spiro atoms. The van der Waals surface area contributed by atoms with Gasteiger partial charge in [0.25, 0.3) is 0 Å². The predicted octanol–water partition coefficient (Wildman–Crippen LogP) is 2.51. The molecule has 0 atom stereocenters. The molecule has 0 heteroatoms. The van der Waals surface area contributed by atoms with E-state index in [0.29, 0.717) is 0 Å². The molecule has 0 saturated heterocycles. The molecule has 0 aliphatic heterocycles. The smallest absolute Gasteiger partial charge is 0.00530 e. The topological polar surface area (TPSA) is 0 Å². The van der Waals surface area contributed by atoms with E-state index in [1.54, 1.807) is 5.57 Å². The van der Waals surface area contributed by atoms with Gasteiger partial charge in [0.15, 0.2) is 0 Å². The summed E-state index contributed by atoms with van der Waals surface area (Å²) in [5, 5.41) is 0. The highest BCUT2D eigenvalue weighted by Crippen LogP contribution is 2.61. The maximum Gasteiger partial charge on any atom is -0.00530 e. The van der Waals surface area contributed by atoms with Gasteiger partial charge in [0.1, 0.15) is 0 Å². The van der Waals surface area contributed by atoms with Gasteiger partial charge >= 0.3 is 0 Å². The third kappa shape index (κ3) is 0.367. The Morgan fingerprint density at radius 2 is 2.38 bits per heavy atom. The van der Waals surface area contributed by atoms with Crippen LogP contribution in [-0.2, 0) is 0 Å². The van der Waals surface area contributed by atoms with Crippen LogP contribution in [0.3, 0.4) is 0 Å². The van der Waals surface area contributed by atoms with Crippen LogP contribution in [0.25, 0.3) is 0 Å². The number of allylic oxidation sites excluding steroid dienone is 2. The van der Waals surface area contributed by atoms with Gasteiger partial charge < -0.3 is 0 Å². The molecule has 0 aromatic carbocycles. The summed E-state index contributed by atoms with van der Waals surface area (Å²) in [5.74, 6) is 0. The van der Waals surface area contributed by atoms with Crippen molar-refractivity contribution in [3.05, 3.63) is 11.6 Å². The molecular weight excluding hydrogens is 96.1 g/mol. The minimum absolute atomic E-state index is 0.800. The van der Waals surface area contributed by atoms with E-state index >= 15 is 0 Å². The first-order valence-corrected chi connectivity index (χ1v) is 3.57. The summed E-state index contributed by atoms with van der Waals surface area (Å²) < 4.78 is 0. The van der Waals surface area contributed by atoms with Crippen LogP contribution in [0.1, 0.15) is 32.6 Å². The molecule has 0 radical (unpaired) electrons. The van der Waals surface area contributed by atoms with E-state index in [-0.39, 0.29) is 0 Å². The first-order chi connectivity index (χ1) is 3.87. The molecule has 1 saturated carbocycles. The summed E-state index contributed by atoms with van der Waals surface area (Å²) in [6, 6.07) is 0. The van der Waals surface area contributed by atoms with E-state index in [2.05, 4.69) is 13.0 Å². The van der Waals surface area contributed by atoms with Gasteiger partial charge in [-0.05, 0) is 31.1 Å². The average molecular weight is 108 g/mol. The van der Waals surface area contributed by atoms with E-state index in [1.165, 1.54) is 25.7 Å². The third-order valence-corrected chi connectivity index (χ3v) is 2.65. The Morgan fingerprint density at radius 3 is 2.50 bits per heavy atom. The molecule has 2 aliphatic rings. The Kier molecular flexibility index (Phi) is 0.677. The quantitative estimate of drug-likeness (QED) is 0.453. The van der Waals surface area contributed by atoms with E-state index < -0.39 is 0 Å². The first kappa shape index (κ1) is 4.60. The Labute approximate surface area is 50.6 Å². The van der Waals surface area contributed by atoms with Crippen molar-refractivity contribution < 1.29 is 0 Å². The zero-order chi connectivity index (χ0) is 5.61. The number of hydrogen-bond acceptors (Lipinski definition) is 0. The van der Waals surface area contributed by atoms with E-state index in [9.17, 15) is 0 Å². The Bertz CT molecular complexity index is 138. The molecule has 0 nitrogen and oxygen atoms in total. The van der Waals surface area contributed by atoms with Crippen LogP contribution < -0.4 is 0 Å². The summed E-state index contributed by atoms with van der Waals surface area (Å²) in [4.78, 5) is 0. The normalized spacial score (nSPS) is 29.4. The minimum atomic E-state index is 0.800. The molecule has 1 fully saturated rings. The van der Waals surface area contributed by atoms with Crippen molar-refractivity contribution in [2.24, 2.45) is 5.41 Å². The highest BCUT2D eigenvalue weighted by atomic mass is 14.5. The largest absolute Gasteiger partial charge is 0.0839 e. The molecule has 8 heavy (non-hydrogen) atoms. The highest BCUT2D eigenvalue weighted by Gasteiger charge is 2.48. The van der Waals surface area contributed by atoms with Crippen LogP contribution in [0, 0.1) is 5.41 Å². The molecule has 0 amide bonds. The Morgan fingerprint density at radius 1 is 1.62 bits per heavy atom. The fraction of sp³-hybridized carbons (Fsp3) is 0.750. The maximum absolute atomic E-state index is 2.41. The summed E-state index contributed by atoms with van der Waals surface area (Å²) in [6.45, 7) is 2.27. The van der Waals surface area contributed by atoms with Crippen molar-refractivity contribution in [1.29, 1.82) is 0 Å². The second-order valence-electron chi connectivity index (χ2n) is 3.07. The third-order valence-electron chi connectivity index (χ3n) is 2.65. The van der Waals surface area contributed by atoms with Crippen LogP contribution in [0.15, 0.2) is 11.6 Å². The first-order valence-electron chi connectivity index (χ1n) is 3.57. The van der Waals surface area contributed by atoms with Crippen LogP contribution in [0.4, 0.5) is 0 Å². The summed E-state index contributed by atoms with van der Waals surface area (Å²) in [6.07, 6.45) is 8.10. The second-order valence-corrected chi connectivity index (χ2v) is 3.07.